The van der Waals surface area contributed by atoms with Gasteiger partial charge in [0.15, 0.2) is 17.3 Å². The smallest absolute Gasteiger partial charge is 0.187 e. The molecule has 0 fully saturated rings. The van der Waals surface area contributed by atoms with E-state index < -0.39 is 0 Å². The highest BCUT2D eigenvalue weighted by atomic mass is 16.5. The molecule has 0 aliphatic rings. The number of ether oxygens (including phenoxy) is 2. The molecule has 4 heteroatoms. The third-order valence-corrected chi connectivity index (χ3v) is 4.91. The van der Waals surface area contributed by atoms with Crippen LogP contribution in [0.4, 0.5) is 5.69 Å². The SMILES string of the molecule is COc1ccccc1Oc1ccc(N/C=C/C(=O)c2ccc(-c3ccccc3)cc2)cc1. The second-order valence-electron chi connectivity index (χ2n) is 7.06. The summed E-state index contributed by atoms with van der Waals surface area (Å²) in [5.74, 6) is 1.96. The zero-order chi connectivity index (χ0) is 22.2. The van der Waals surface area contributed by atoms with Gasteiger partial charge >= 0.3 is 0 Å². The third kappa shape index (κ3) is 5.24. The van der Waals surface area contributed by atoms with Crippen LogP contribution < -0.4 is 14.8 Å². The van der Waals surface area contributed by atoms with Gasteiger partial charge in [-0.05, 0) is 47.5 Å². The van der Waals surface area contributed by atoms with Gasteiger partial charge in [0.25, 0.3) is 0 Å². The number of hydrogen-bond donors (Lipinski definition) is 1. The lowest BCUT2D eigenvalue weighted by Crippen LogP contribution is -1.96. The number of allylic oxidation sites excluding steroid dienone is 1. The summed E-state index contributed by atoms with van der Waals surface area (Å²) in [5.41, 5.74) is 3.70. The number of benzene rings is 4. The van der Waals surface area contributed by atoms with Gasteiger partial charge in [-0.25, -0.2) is 0 Å². The first-order chi connectivity index (χ1) is 15.7. The third-order valence-electron chi connectivity index (χ3n) is 4.91. The first-order valence-electron chi connectivity index (χ1n) is 10.3. The summed E-state index contributed by atoms with van der Waals surface area (Å²) in [6, 6.07) is 32.7. The number of carbonyl (C=O) groups excluding carboxylic acids is 1. The molecule has 4 aromatic rings. The highest BCUT2D eigenvalue weighted by Gasteiger charge is 2.05. The van der Waals surface area contributed by atoms with Crippen LogP contribution in [0.25, 0.3) is 11.1 Å². The maximum atomic E-state index is 12.4. The molecule has 0 heterocycles. The van der Waals surface area contributed by atoms with Gasteiger partial charge in [-0.15, -0.1) is 0 Å². The number of methoxy groups -OCH3 is 1. The molecule has 158 valence electrons. The van der Waals surface area contributed by atoms with Crippen LogP contribution in [0.15, 0.2) is 115 Å². The van der Waals surface area contributed by atoms with E-state index in [-0.39, 0.29) is 5.78 Å². The molecule has 1 N–H and O–H groups in total. The Morgan fingerprint density at radius 1 is 0.719 bits per heavy atom. The molecular weight excluding hydrogens is 398 g/mol. The van der Waals surface area contributed by atoms with Crippen LogP contribution in [0.3, 0.4) is 0 Å². The minimum absolute atomic E-state index is 0.0618. The van der Waals surface area contributed by atoms with Gasteiger partial charge in [0.05, 0.1) is 7.11 Å². The molecule has 32 heavy (non-hydrogen) atoms. The second kappa shape index (κ2) is 10.1. The second-order valence-corrected chi connectivity index (χ2v) is 7.06. The van der Waals surface area contributed by atoms with Crippen molar-refractivity contribution in [3.63, 3.8) is 0 Å². The van der Waals surface area contributed by atoms with Crippen LogP contribution in [0.5, 0.6) is 17.2 Å². The van der Waals surface area contributed by atoms with Gasteiger partial charge < -0.3 is 14.8 Å². The van der Waals surface area contributed by atoms with Crippen LogP contribution in [0.2, 0.25) is 0 Å². The molecule has 0 amide bonds. The number of rotatable bonds is 8. The van der Waals surface area contributed by atoms with Crippen LogP contribution in [0.1, 0.15) is 10.4 Å². The van der Waals surface area contributed by atoms with E-state index in [9.17, 15) is 4.79 Å². The quantitative estimate of drug-likeness (QED) is 0.247. The standard InChI is InChI=1S/C28H23NO3/c1-31-27-9-5-6-10-28(27)32-25-17-15-24(16-18-25)29-20-19-26(30)23-13-11-22(12-14-23)21-7-3-2-4-8-21/h2-20,29H,1H3/b20-19+. The van der Waals surface area contributed by atoms with E-state index in [1.807, 2.05) is 103 Å². The number of ketones is 1. The van der Waals surface area contributed by atoms with E-state index in [1.54, 1.807) is 13.3 Å². The van der Waals surface area contributed by atoms with E-state index in [2.05, 4.69) is 5.32 Å². The van der Waals surface area contributed by atoms with Crippen LogP contribution in [-0.2, 0) is 0 Å². The molecule has 0 saturated heterocycles. The monoisotopic (exact) mass is 421 g/mol. The van der Waals surface area contributed by atoms with Gasteiger partial charge in [0, 0.05) is 23.5 Å². The predicted molar refractivity (Wildman–Crippen MR) is 128 cm³/mol. The topological polar surface area (TPSA) is 47.6 Å². The lowest BCUT2D eigenvalue weighted by molar-refractivity contribution is 0.104. The Balaban J connectivity index is 1.34. The van der Waals surface area contributed by atoms with Crippen molar-refractivity contribution in [2.45, 2.75) is 0 Å². The average molecular weight is 421 g/mol. The van der Waals surface area contributed by atoms with Crippen molar-refractivity contribution >= 4 is 11.5 Å². The number of para-hydroxylation sites is 2. The molecule has 0 bridgehead atoms. The van der Waals surface area contributed by atoms with Crippen LogP contribution in [0, 0.1) is 0 Å². The Hall–Kier alpha value is -4.31. The average Bonchev–Trinajstić information content (AvgIpc) is 2.86. The molecule has 4 nitrogen and oxygen atoms in total. The molecule has 4 aromatic carbocycles. The minimum Gasteiger partial charge on any atom is -0.493 e. The number of hydrogen-bond acceptors (Lipinski definition) is 4. The Morgan fingerprint density at radius 3 is 2.03 bits per heavy atom. The van der Waals surface area contributed by atoms with E-state index >= 15 is 0 Å². The number of nitrogens with one attached hydrogen (secondary N) is 1. The predicted octanol–water partition coefficient (Wildman–Crippen LogP) is 6.96. The van der Waals surface area contributed by atoms with Crippen LogP contribution >= 0.6 is 0 Å². The molecule has 4 rings (SSSR count). The van der Waals surface area contributed by atoms with Crippen molar-refractivity contribution < 1.29 is 14.3 Å². The zero-order valence-electron chi connectivity index (χ0n) is 17.7. The molecule has 0 atom stereocenters. The molecule has 0 aliphatic carbocycles. The van der Waals surface area contributed by atoms with E-state index in [1.165, 1.54) is 6.08 Å². The van der Waals surface area contributed by atoms with Crippen molar-refractivity contribution in [1.29, 1.82) is 0 Å². The summed E-state index contributed by atoms with van der Waals surface area (Å²) in [6.07, 6.45) is 3.17. The molecule has 0 spiro atoms. The Labute approximate surface area is 187 Å². The van der Waals surface area contributed by atoms with Crippen molar-refractivity contribution in [2.75, 3.05) is 12.4 Å². The Kier molecular flexibility index (Phi) is 6.63. The molecular formula is C28H23NO3. The van der Waals surface area contributed by atoms with E-state index in [0.29, 0.717) is 22.8 Å². The van der Waals surface area contributed by atoms with Gasteiger partial charge in [0.1, 0.15) is 5.75 Å². The fraction of sp³-hybridized carbons (Fsp3) is 0.0357. The maximum Gasteiger partial charge on any atom is 0.187 e. The fourth-order valence-corrected chi connectivity index (χ4v) is 3.22. The molecule has 0 aromatic heterocycles. The number of carbonyl (C=O) groups is 1. The van der Waals surface area contributed by atoms with E-state index in [0.717, 1.165) is 16.8 Å². The molecule has 0 saturated carbocycles. The first-order valence-corrected chi connectivity index (χ1v) is 10.3. The molecule has 0 aliphatic heterocycles. The largest absolute Gasteiger partial charge is 0.493 e. The highest BCUT2D eigenvalue weighted by Crippen LogP contribution is 2.31. The van der Waals surface area contributed by atoms with Crippen molar-refractivity contribution in [1.82, 2.24) is 0 Å². The lowest BCUT2D eigenvalue weighted by atomic mass is 10.0. The fourth-order valence-electron chi connectivity index (χ4n) is 3.22. The van der Waals surface area contributed by atoms with Crippen LogP contribution in [-0.4, -0.2) is 12.9 Å². The minimum atomic E-state index is -0.0618. The summed E-state index contributed by atoms with van der Waals surface area (Å²) in [4.78, 5) is 12.4. The van der Waals surface area contributed by atoms with Gasteiger partial charge in [0.2, 0.25) is 0 Å². The molecule has 0 radical (unpaired) electrons. The summed E-state index contributed by atoms with van der Waals surface area (Å²) in [5, 5.41) is 3.11. The first kappa shape index (κ1) is 20.9. The van der Waals surface area contributed by atoms with Crippen molar-refractivity contribution in [2.24, 2.45) is 0 Å². The highest BCUT2D eigenvalue weighted by molar-refractivity contribution is 6.04. The maximum absolute atomic E-state index is 12.4. The Bertz CT molecular complexity index is 1200. The Morgan fingerprint density at radius 2 is 1.34 bits per heavy atom. The van der Waals surface area contributed by atoms with Gasteiger partial charge in [-0.3, -0.25) is 4.79 Å². The van der Waals surface area contributed by atoms with Gasteiger partial charge in [-0.2, -0.15) is 0 Å². The summed E-state index contributed by atoms with van der Waals surface area (Å²) >= 11 is 0. The van der Waals surface area contributed by atoms with Crippen molar-refractivity contribution in [3.8, 4) is 28.4 Å². The number of anilines is 1. The summed E-state index contributed by atoms with van der Waals surface area (Å²) in [7, 11) is 1.61. The lowest BCUT2D eigenvalue weighted by Gasteiger charge is -2.10. The summed E-state index contributed by atoms with van der Waals surface area (Å²) in [6.45, 7) is 0. The molecule has 0 unspecified atom stereocenters. The summed E-state index contributed by atoms with van der Waals surface area (Å²) < 4.78 is 11.2. The normalized spacial score (nSPS) is 10.7. The van der Waals surface area contributed by atoms with Gasteiger partial charge in [-0.1, -0.05) is 66.7 Å². The zero-order valence-corrected chi connectivity index (χ0v) is 17.7. The van der Waals surface area contributed by atoms with Crippen molar-refractivity contribution in [3.05, 3.63) is 121 Å². The van der Waals surface area contributed by atoms with E-state index in [4.69, 9.17) is 9.47 Å².